The quantitative estimate of drug-likeness (QED) is 0.740. The first-order valence-corrected chi connectivity index (χ1v) is 8.16. The van der Waals surface area contributed by atoms with Crippen molar-refractivity contribution in [2.45, 2.75) is 44.4 Å². The van der Waals surface area contributed by atoms with Crippen LogP contribution in [0.15, 0.2) is 29.1 Å². The van der Waals surface area contributed by atoms with Crippen molar-refractivity contribution in [1.29, 1.82) is 0 Å². The zero-order valence-electron chi connectivity index (χ0n) is 12.6. The Bertz CT molecular complexity index is 842. The van der Waals surface area contributed by atoms with Gasteiger partial charge in [0.25, 0.3) is 5.56 Å². The van der Waals surface area contributed by atoms with Crippen LogP contribution in [0.2, 0.25) is 0 Å². The third kappa shape index (κ3) is 3.35. The first-order valence-electron chi connectivity index (χ1n) is 7.75. The van der Waals surface area contributed by atoms with Crippen molar-refractivity contribution in [3.05, 3.63) is 39.4 Å². The zero-order valence-corrected chi connectivity index (χ0v) is 13.4. The lowest BCUT2D eigenvalue weighted by Gasteiger charge is -2.16. The number of fused-ring (bicyclic) bond motifs is 1. The summed E-state index contributed by atoms with van der Waals surface area (Å²) >= 11 is 5.22. The van der Waals surface area contributed by atoms with Crippen molar-refractivity contribution in [3.8, 4) is 0 Å². The summed E-state index contributed by atoms with van der Waals surface area (Å²) < 4.78 is 1.71. The molecule has 0 radical (unpaired) electrons. The van der Waals surface area contributed by atoms with Gasteiger partial charge in [-0.15, -0.1) is 0 Å². The first-order chi connectivity index (χ1) is 11.1. The predicted octanol–water partition coefficient (Wildman–Crippen LogP) is 1.48. The Kier molecular flexibility index (Phi) is 4.58. The second-order valence-corrected chi connectivity index (χ2v) is 6.24. The van der Waals surface area contributed by atoms with Crippen LogP contribution in [0.5, 0.6) is 0 Å². The van der Waals surface area contributed by atoms with Crippen molar-refractivity contribution < 1.29 is 9.90 Å². The fourth-order valence-electron chi connectivity index (χ4n) is 3.00. The lowest BCUT2D eigenvalue weighted by Crippen LogP contribution is -2.40. The number of aromatic nitrogens is 2. The van der Waals surface area contributed by atoms with Gasteiger partial charge >= 0.3 is 0 Å². The maximum atomic E-state index is 12.5. The molecule has 3 rings (SSSR count). The van der Waals surface area contributed by atoms with E-state index < -0.39 is 6.10 Å². The molecule has 0 unspecified atom stereocenters. The number of hydrogen-bond acceptors (Lipinski definition) is 4. The maximum absolute atomic E-state index is 12.5. The molecule has 3 N–H and O–H groups in total. The fraction of sp³-hybridized carbons (Fsp3) is 0.438. The molecule has 1 aliphatic rings. The van der Waals surface area contributed by atoms with Gasteiger partial charge in [0.05, 0.1) is 23.0 Å². The Labute approximate surface area is 138 Å². The highest BCUT2D eigenvalue weighted by Crippen LogP contribution is 2.18. The topological polar surface area (TPSA) is 87.1 Å². The van der Waals surface area contributed by atoms with Crippen molar-refractivity contribution in [2.75, 3.05) is 0 Å². The summed E-state index contributed by atoms with van der Waals surface area (Å²) in [5.41, 5.74) is 0.496. The second-order valence-electron chi connectivity index (χ2n) is 5.85. The molecule has 0 spiro atoms. The van der Waals surface area contributed by atoms with Gasteiger partial charge in [0.2, 0.25) is 5.91 Å². The van der Waals surface area contributed by atoms with Gasteiger partial charge in [-0.3, -0.25) is 14.2 Å². The van der Waals surface area contributed by atoms with Crippen LogP contribution >= 0.6 is 12.2 Å². The normalized spacial score (nSPS) is 20.7. The van der Waals surface area contributed by atoms with Crippen molar-refractivity contribution in [2.24, 2.45) is 0 Å². The summed E-state index contributed by atoms with van der Waals surface area (Å²) in [4.78, 5) is 27.5. The molecule has 1 heterocycles. The van der Waals surface area contributed by atoms with E-state index in [0.29, 0.717) is 15.7 Å². The summed E-state index contributed by atoms with van der Waals surface area (Å²) in [6.07, 6.45) is 2.12. The summed E-state index contributed by atoms with van der Waals surface area (Å²) in [5.74, 6) is -0.176. The van der Waals surface area contributed by atoms with E-state index in [1.807, 2.05) is 6.07 Å². The Morgan fingerprint density at radius 2 is 2.17 bits per heavy atom. The van der Waals surface area contributed by atoms with Crippen molar-refractivity contribution in [3.63, 3.8) is 0 Å². The minimum Gasteiger partial charge on any atom is -0.391 e. The Morgan fingerprint density at radius 1 is 1.39 bits per heavy atom. The molecule has 1 aromatic heterocycles. The molecule has 23 heavy (non-hydrogen) atoms. The van der Waals surface area contributed by atoms with Gasteiger partial charge in [0.15, 0.2) is 4.77 Å². The molecule has 1 fully saturated rings. The van der Waals surface area contributed by atoms with E-state index >= 15 is 0 Å². The second kappa shape index (κ2) is 6.64. The van der Waals surface area contributed by atoms with E-state index in [0.717, 1.165) is 19.3 Å². The number of amides is 1. The molecular formula is C16H19N3O3S. The molecule has 7 heteroatoms. The number of hydrogen-bond donors (Lipinski definition) is 3. The number of aromatic amines is 1. The number of aliphatic hydroxyl groups is 1. The van der Waals surface area contributed by atoms with Gasteiger partial charge in [0.1, 0.15) is 0 Å². The molecule has 2 atom stereocenters. The summed E-state index contributed by atoms with van der Waals surface area (Å²) in [6, 6.07) is 6.97. The van der Waals surface area contributed by atoms with Gasteiger partial charge in [-0.25, -0.2) is 0 Å². The van der Waals surface area contributed by atoms with Gasteiger partial charge < -0.3 is 15.4 Å². The molecule has 2 aromatic rings. The molecule has 0 saturated heterocycles. The van der Waals surface area contributed by atoms with Crippen LogP contribution in [0.4, 0.5) is 0 Å². The molecule has 122 valence electrons. The number of benzene rings is 1. The van der Waals surface area contributed by atoms with Crippen LogP contribution in [-0.4, -0.2) is 32.7 Å². The summed E-state index contributed by atoms with van der Waals surface area (Å²) in [6.45, 7) is 0.216. The van der Waals surface area contributed by atoms with E-state index in [1.54, 1.807) is 18.2 Å². The third-order valence-electron chi connectivity index (χ3n) is 4.28. The van der Waals surface area contributed by atoms with Gasteiger partial charge in [-0.1, -0.05) is 12.1 Å². The average molecular weight is 333 g/mol. The van der Waals surface area contributed by atoms with E-state index in [4.69, 9.17) is 12.2 Å². The van der Waals surface area contributed by atoms with Crippen LogP contribution in [0, 0.1) is 4.77 Å². The van der Waals surface area contributed by atoms with Crippen LogP contribution < -0.4 is 10.9 Å². The van der Waals surface area contributed by atoms with Gasteiger partial charge in [-0.2, -0.15) is 0 Å². The van der Waals surface area contributed by atoms with E-state index in [2.05, 4.69) is 10.3 Å². The van der Waals surface area contributed by atoms with E-state index in [-0.39, 0.29) is 30.5 Å². The smallest absolute Gasteiger partial charge is 0.262 e. The highest BCUT2D eigenvalue weighted by Gasteiger charge is 2.26. The highest BCUT2D eigenvalue weighted by atomic mass is 32.1. The number of aliphatic hydroxyl groups excluding tert-OH is 1. The third-order valence-corrected chi connectivity index (χ3v) is 4.60. The minimum absolute atomic E-state index is 0.152. The molecule has 6 nitrogen and oxygen atoms in total. The summed E-state index contributed by atoms with van der Waals surface area (Å²) in [7, 11) is 0. The standard InChI is InChI=1S/C16H19N3O3S/c20-13-7-3-6-12(13)17-14(21)8-9-19-15(22)10-4-1-2-5-11(10)18-16(19)23/h1-2,4-5,12-13,20H,3,6-9H2,(H,17,21)(H,18,23)/t12-,13+/m0/s1. The van der Waals surface area contributed by atoms with Crippen LogP contribution in [0.25, 0.3) is 10.9 Å². The van der Waals surface area contributed by atoms with Gasteiger partial charge in [0, 0.05) is 13.0 Å². The van der Waals surface area contributed by atoms with Crippen LogP contribution in [-0.2, 0) is 11.3 Å². The lowest BCUT2D eigenvalue weighted by molar-refractivity contribution is -0.122. The summed E-state index contributed by atoms with van der Waals surface area (Å²) in [5, 5.41) is 13.1. The van der Waals surface area contributed by atoms with Crippen LogP contribution in [0.3, 0.4) is 0 Å². The number of para-hydroxylation sites is 1. The molecule has 1 amide bonds. The number of rotatable bonds is 4. The van der Waals surface area contributed by atoms with E-state index in [9.17, 15) is 14.7 Å². The van der Waals surface area contributed by atoms with E-state index in [1.165, 1.54) is 4.57 Å². The lowest BCUT2D eigenvalue weighted by atomic mass is 10.2. The maximum Gasteiger partial charge on any atom is 0.262 e. The van der Waals surface area contributed by atoms with Crippen molar-refractivity contribution >= 4 is 29.0 Å². The number of carbonyl (C=O) groups excluding carboxylic acids is 1. The van der Waals surface area contributed by atoms with Crippen molar-refractivity contribution in [1.82, 2.24) is 14.9 Å². The average Bonchev–Trinajstić information content (AvgIpc) is 2.92. The zero-order chi connectivity index (χ0) is 16.4. The first kappa shape index (κ1) is 15.9. The molecule has 1 aromatic carbocycles. The molecular weight excluding hydrogens is 314 g/mol. The fourth-order valence-corrected chi connectivity index (χ4v) is 3.29. The SMILES string of the molecule is O=C(CCn1c(=S)[nH]c2ccccc2c1=O)N[C@H]1CCC[C@H]1O. The molecule has 0 bridgehead atoms. The van der Waals surface area contributed by atoms with Gasteiger partial charge in [-0.05, 0) is 43.6 Å². The highest BCUT2D eigenvalue weighted by molar-refractivity contribution is 7.71. The monoisotopic (exact) mass is 333 g/mol. The number of nitrogens with zero attached hydrogens (tertiary/aromatic N) is 1. The largest absolute Gasteiger partial charge is 0.391 e. The number of carbonyl (C=O) groups is 1. The Balaban J connectivity index is 1.73. The molecule has 1 saturated carbocycles. The minimum atomic E-state index is -0.467. The Hall–Kier alpha value is -1.99. The predicted molar refractivity (Wildman–Crippen MR) is 89.8 cm³/mol. The number of H-pyrrole nitrogens is 1. The van der Waals surface area contributed by atoms with Crippen LogP contribution in [0.1, 0.15) is 25.7 Å². The molecule has 0 aliphatic heterocycles. The number of nitrogens with one attached hydrogen (secondary N) is 2. The molecule has 1 aliphatic carbocycles. The Morgan fingerprint density at radius 3 is 2.91 bits per heavy atom.